The van der Waals surface area contributed by atoms with Crippen molar-refractivity contribution < 1.29 is 14.3 Å². The normalized spacial score (nSPS) is 13.7. The molecule has 0 aliphatic heterocycles. The molecule has 0 radical (unpaired) electrons. The van der Waals surface area contributed by atoms with Crippen molar-refractivity contribution >= 4 is 22.8 Å². The van der Waals surface area contributed by atoms with Gasteiger partial charge in [0.25, 0.3) is 0 Å². The molecule has 1 aromatic carbocycles. The van der Waals surface area contributed by atoms with E-state index in [1.165, 1.54) is 18.7 Å². The fourth-order valence-corrected chi connectivity index (χ4v) is 2.35. The smallest absolute Gasteiger partial charge is 0.303 e. The molecule has 0 aliphatic rings. The summed E-state index contributed by atoms with van der Waals surface area (Å²) in [5.41, 5.74) is 0.852. The molecule has 98 valence electrons. The van der Waals surface area contributed by atoms with Gasteiger partial charge in [-0.1, -0.05) is 55.9 Å². The van der Waals surface area contributed by atoms with Crippen LogP contribution in [0, 0.1) is 5.92 Å². The molecule has 0 saturated carbocycles. The zero-order valence-corrected chi connectivity index (χ0v) is 11.7. The van der Waals surface area contributed by atoms with Crippen molar-refractivity contribution in [3.63, 3.8) is 0 Å². The van der Waals surface area contributed by atoms with E-state index in [1.807, 2.05) is 37.3 Å². The Morgan fingerprint density at radius 1 is 1.28 bits per heavy atom. The monoisotopic (exact) mass is 266 g/mol. The van der Waals surface area contributed by atoms with Gasteiger partial charge < -0.3 is 4.74 Å². The Hall–Kier alpha value is -1.29. The van der Waals surface area contributed by atoms with Crippen LogP contribution in [-0.2, 0) is 14.3 Å². The van der Waals surface area contributed by atoms with Crippen molar-refractivity contribution in [2.24, 2.45) is 5.92 Å². The van der Waals surface area contributed by atoms with E-state index in [9.17, 15) is 9.59 Å². The Labute approximate surface area is 112 Å². The average Bonchev–Trinajstić information content (AvgIpc) is 2.36. The van der Waals surface area contributed by atoms with E-state index >= 15 is 0 Å². The first kappa shape index (κ1) is 14.8. The van der Waals surface area contributed by atoms with Gasteiger partial charge >= 0.3 is 5.97 Å². The van der Waals surface area contributed by atoms with Crippen molar-refractivity contribution in [3.05, 3.63) is 35.9 Å². The Morgan fingerprint density at radius 3 is 2.39 bits per heavy atom. The maximum Gasteiger partial charge on any atom is 0.303 e. The van der Waals surface area contributed by atoms with Crippen LogP contribution in [0.1, 0.15) is 32.4 Å². The van der Waals surface area contributed by atoms with Gasteiger partial charge in [0.1, 0.15) is 6.10 Å². The van der Waals surface area contributed by atoms with E-state index in [2.05, 4.69) is 0 Å². The summed E-state index contributed by atoms with van der Waals surface area (Å²) in [5.74, 6) is 0.0105. The van der Waals surface area contributed by atoms with Crippen LogP contribution in [-0.4, -0.2) is 16.8 Å². The minimum atomic E-state index is -0.504. The fraction of sp³-hybridized carbons (Fsp3) is 0.429. The molecule has 1 rings (SSSR count). The molecule has 0 unspecified atom stereocenters. The summed E-state index contributed by atoms with van der Waals surface area (Å²) < 4.78 is 5.29. The summed E-state index contributed by atoms with van der Waals surface area (Å²) in [6.07, 6.45) is -0.504. The van der Waals surface area contributed by atoms with Crippen LogP contribution in [0.2, 0.25) is 0 Å². The van der Waals surface area contributed by atoms with Crippen molar-refractivity contribution in [1.82, 2.24) is 0 Å². The molecule has 18 heavy (non-hydrogen) atoms. The van der Waals surface area contributed by atoms with Crippen LogP contribution in [0.3, 0.4) is 0 Å². The first-order valence-corrected chi connectivity index (χ1v) is 6.93. The van der Waals surface area contributed by atoms with Crippen molar-refractivity contribution in [2.45, 2.75) is 26.9 Å². The lowest BCUT2D eigenvalue weighted by Gasteiger charge is -2.22. The number of rotatable bonds is 5. The van der Waals surface area contributed by atoms with Crippen LogP contribution in [0.15, 0.2) is 30.3 Å². The first-order valence-electron chi connectivity index (χ1n) is 5.95. The van der Waals surface area contributed by atoms with Crippen LogP contribution in [0.25, 0.3) is 0 Å². The van der Waals surface area contributed by atoms with Crippen LogP contribution >= 0.6 is 11.8 Å². The zero-order chi connectivity index (χ0) is 13.5. The summed E-state index contributed by atoms with van der Waals surface area (Å²) in [5, 5.41) is 0.0487. The molecule has 0 aliphatic carbocycles. The molecule has 0 saturated heterocycles. The van der Waals surface area contributed by atoms with Gasteiger partial charge in [-0.05, 0) is 11.3 Å². The highest BCUT2D eigenvalue weighted by atomic mass is 32.2. The van der Waals surface area contributed by atoms with Gasteiger partial charge in [-0.2, -0.15) is 0 Å². The SMILES string of the molecule is CCSC(=O)[C@@H](C)[C@H](OC(C)=O)c1ccccc1. The van der Waals surface area contributed by atoms with Crippen LogP contribution in [0.5, 0.6) is 0 Å². The molecule has 0 fully saturated rings. The summed E-state index contributed by atoms with van der Waals surface area (Å²) in [7, 11) is 0. The highest BCUT2D eigenvalue weighted by molar-refractivity contribution is 8.13. The second-order valence-corrected chi connectivity index (χ2v) is 5.25. The molecular formula is C14H18O3S. The van der Waals surface area contributed by atoms with Gasteiger partial charge in [-0.3, -0.25) is 9.59 Å². The summed E-state index contributed by atoms with van der Waals surface area (Å²) in [4.78, 5) is 23.1. The number of carbonyl (C=O) groups is 2. The van der Waals surface area contributed by atoms with Gasteiger partial charge in [0.15, 0.2) is 5.12 Å². The number of thioether (sulfide) groups is 1. The number of esters is 1. The van der Waals surface area contributed by atoms with E-state index in [4.69, 9.17) is 4.74 Å². The second kappa shape index (κ2) is 7.21. The van der Waals surface area contributed by atoms with E-state index in [0.29, 0.717) is 0 Å². The number of hydrogen-bond donors (Lipinski definition) is 0. The van der Waals surface area contributed by atoms with E-state index in [-0.39, 0.29) is 17.0 Å². The van der Waals surface area contributed by atoms with Gasteiger partial charge in [0.05, 0.1) is 5.92 Å². The maximum absolute atomic E-state index is 11.9. The van der Waals surface area contributed by atoms with E-state index in [1.54, 1.807) is 6.92 Å². The molecular weight excluding hydrogens is 248 g/mol. The fourth-order valence-electron chi connectivity index (χ4n) is 1.68. The molecule has 0 amide bonds. The minimum Gasteiger partial charge on any atom is -0.457 e. The highest BCUT2D eigenvalue weighted by Crippen LogP contribution is 2.29. The Balaban J connectivity index is 2.91. The summed E-state index contributed by atoms with van der Waals surface area (Å²) in [6, 6.07) is 9.37. The molecule has 2 atom stereocenters. The first-order chi connectivity index (χ1) is 8.56. The molecule has 0 spiro atoms. The third kappa shape index (κ3) is 4.18. The van der Waals surface area contributed by atoms with Gasteiger partial charge in [0, 0.05) is 6.92 Å². The highest BCUT2D eigenvalue weighted by Gasteiger charge is 2.27. The molecule has 4 heteroatoms. The Morgan fingerprint density at radius 2 is 1.89 bits per heavy atom. The molecule has 0 heterocycles. The van der Waals surface area contributed by atoms with Crippen molar-refractivity contribution in [3.8, 4) is 0 Å². The third-order valence-corrected chi connectivity index (χ3v) is 3.48. The third-order valence-electron chi connectivity index (χ3n) is 2.53. The van der Waals surface area contributed by atoms with Gasteiger partial charge in [-0.15, -0.1) is 0 Å². The lowest BCUT2D eigenvalue weighted by Crippen LogP contribution is -2.21. The lowest BCUT2D eigenvalue weighted by molar-refractivity contribution is -0.150. The number of ether oxygens (including phenoxy) is 1. The topological polar surface area (TPSA) is 43.4 Å². The van der Waals surface area contributed by atoms with E-state index < -0.39 is 6.10 Å². The molecule has 3 nitrogen and oxygen atoms in total. The Bertz CT molecular complexity index is 403. The molecule has 0 bridgehead atoms. The van der Waals surface area contributed by atoms with Crippen molar-refractivity contribution in [2.75, 3.05) is 5.75 Å². The summed E-state index contributed by atoms with van der Waals surface area (Å²) in [6.45, 7) is 5.09. The van der Waals surface area contributed by atoms with E-state index in [0.717, 1.165) is 11.3 Å². The predicted octanol–water partition coefficient (Wildman–Crippen LogP) is 3.21. The van der Waals surface area contributed by atoms with Crippen molar-refractivity contribution in [1.29, 1.82) is 0 Å². The summed E-state index contributed by atoms with van der Waals surface area (Å²) >= 11 is 1.26. The zero-order valence-electron chi connectivity index (χ0n) is 10.9. The Kier molecular flexibility index (Phi) is 5.92. The predicted molar refractivity (Wildman–Crippen MR) is 73.3 cm³/mol. The quantitative estimate of drug-likeness (QED) is 0.768. The lowest BCUT2D eigenvalue weighted by atomic mass is 9.98. The van der Waals surface area contributed by atoms with Gasteiger partial charge in [-0.25, -0.2) is 0 Å². The largest absolute Gasteiger partial charge is 0.457 e. The van der Waals surface area contributed by atoms with Gasteiger partial charge in [0.2, 0.25) is 0 Å². The molecule has 0 aromatic heterocycles. The molecule has 1 aromatic rings. The number of benzene rings is 1. The average molecular weight is 266 g/mol. The second-order valence-electron chi connectivity index (χ2n) is 3.98. The van der Waals surface area contributed by atoms with Crippen LogP contribution in [0.4, 0.5) is 0 Å². The maximum atomic E-state index is 11.9. The molecule has 0 N–H and O–H groups in total. The standard InChI is InChI=1S/C14H18O3S/c1-4-18-14(16)10(2)13(17-11(3)15)12-8-6-5-7-9-12/h5-10,13H,4H2,1-3H3/t10-,13-/m0/s1. The van der Waals surface area contributed by atoms with Crippen LogP contribution < -0.4 is 0 Å². The number of hydrogen-bond acceptors (Lipinski definition) is 4. The minimum absolute atomic E-state index is 0.0487. The number of carbonyl (C=O) groups excluding carboxylic acids is 2.